The van der Waals surface area contributed by atoms with Crippen molar-refractivity contribution in [1.82, 2.24) is 0 Å². The molecule has 0 saturated heterocycles. The zero-order chi connectivity index (χ0) is 40.8. The van der Waals surface area contributed by atoms with Crippen LogP contribution in [0.25, 0.3) is 0 Å². The van der Waals surface area contributed by atoms with Gasteiger partial charge in [-0.05, 0) is 25.7 Å². The molecule has 4 atom stereocenters. The van der Waals surface area contributed by atoms with Gasteiger partial charge in [-0.2, -0.15) is 0 Å². The Labute approximate surface area is 334 Å². The first kappa shape index (κ1) is 53.4. The number of aliphatic carboxylic acids is 1. The predicted octanol–water partition coefficient (Wildman–Crippen LogP) is 10.5. The van der Waals surface area contributed by atoms with Crippen molar-refractivity contribution in [3.05, 3.63) is 0 Å². The van der Waals surface area contributed by atoms with Gasteiger partial charge in [0, 0.05) is 12.8 Å². The van der Waals surface area contributed by atoms with E-state index in [0.717, 1.165) is 64.2 Å². The van der Waals surface area contributed by atoms with Crippen LogP contribution in [0.1, 0.15) is 213 Å². The molecule has 0 saturated carbocycles. The van der Waals surface area contributed by atoms with Crippen LogP contribution in [-0.2, 0) is 37.5 Å². The second-order valence-electron chi connectivity index (χ2n) is 15.4. The minimum absolute atomic E-state index is 0.116. The highest BCUT2D eigenvalue weighted by Crippen LogP contribution is 2.43. The lowest BCUT2D eigenvalue weighted by Gasteiger charge is -2.20. The minimum Gasteiger partial charge on any atom is -0.480 e. The number of carboxylic acid groups (broad SMARTS) is 1. The summed E-state index contributed by atoms with van der Waals surface area (Å²) in [7, 11) is -4.73. The van der Waals surface area contributed by atoms with Gasteiger partial charge in [0.25, 0.3) is 0 Å². The quantitative estimate of drug-likeness (QED) is 0.0260. The van der Waals surface area contributed by atoms with Gasteiger partial charge >= 0.3 is 25.7 Å². The van der Waals surface area contributed by atoms with Gasteiger partial charge in [-0.25, -0.2) is 4.57 Å². The van der Waals surface area contributed by atoms with Crippen molar-refractivity contribution in [2.45, 2.75) is 231 Å². The molecule has 0 aromatic rings. The number of aliphatic hydroxyl groups is 1. The van der Waals surface area contributed by atoms with Crippen LogP contribution in [0, 0.1) is 0 Å². The van der Waals surface area contributed by atoms with Gasteiger partial charge in [-0.3, -0.25) is 23.4 Å². The van der Waals surface area contributed by atoms with Gasteiger partial charge in [-0.15, -0.1) is 0 Å². The molecule has 0 fully saturated rings. The van der Waals surface area contributed by atoms with Crippen molar-refractivity contribution < 1.29 is 52.6 Å². The summed E-state index contributed by atoms with van der Waals surface area (Å²) in [5.41, 5.74) is 5.33. The van der Waals surface area contributed by atoms with E-state index in [4.69, 9.17) is 24.8 Å². The minimum atomic E-state index is -4.73. The Morgan fingerprint density at radius 1 is 0.545 bits per heavy atom. The van der Waals surface area contributed by atoms with Gasteiger partial charge in [0.15, 0.2) is 6.10 Å². The molecule has 13 heteroatoms. The van der Waals surface area contributed by atoms with Crippen molar-refractivity contribution in [3.8, 4) is 0 Å². The molecule has 55 heavy (non-hydrogen) atoms. The third-order valence-electron chi connectivity index (χ3n) is 9.93. The third-order valence-corrected chi connectivity index (χ3v) is 10.9. The molecule has 0 aliphatic rings. The molecule has 0 rings (SSSR count). The summed E-state index contributed by atoms with van der Waals surface area (Å²) < 4.78 is 32.7. The largest absolute Gasteiger partial charge is 0.480 e. The topological polar surface area (TPSA) is 192 Å². The lowest BCUT2D eigenvalue weighted by molar-refractivity contribution is -0.161. The van der Waals surface area contributed by atoms with Gasteiger partial charge in [0.1, 0.15) is 12.6 Å². The summed E-state index contributed by atoms with van der Waals surface area (Å²) in [5.74, 6) is -2.43. The number of unbranched alkanes of at least 4 members (excludes halogenated alkanes) is 24. The first-order valence-electron chi connectivity index (χ1n) is 22.1. The standard InChI is InChI=1S/C42H82NO11P/c1-3-5-7-9-11-12-13-14-15-16-17-18-20-24-28-32-40(45)51-34-38(35-52-55(49,50)53-36-39(43)42(47)48)54-41(46)33-29-25-21-23-27-31-37(44)30-26-22-19-10-8-6-4-2/h37-39,44H,3-36,43H2,1-2H3,(H,47,48)(H,49,50)/t37?,38-,39+/m1/s1. The lowest BCUT2D eigenvalue weighted by atomic mass is 10.0. The lowest BCUT2D eigenvalue weighted by Crippen LogP contribution is -2.34. The molecular formula is C42H82NO11P. The molecule has 0 aliphatic carbocycles. The average Bonchev–Trinajstić information content (AvgIpc) is 3.15. The summed E-state index contributed by atoms with van der Waals surface area (Å²) in [5, 5.41) is 19.1. The van der Waals surface area contributed by atoms with E-state index in [0.29, 0.717) is 12.8 Å². The van der Waals surface area contributed by atoms with Crippen LogP contribution in [0.5, 0.6) is 0 Å². The van der Waals surface area contributed by atoms with Crippen molar-refractivity contribution in [2.75, 3.05) is 19.8 Å². The van der Waals surface area contributed by atoms with E-state index in [1.165, 1.54) is 109 Å². The fraction of sp³-hybridized carbons (Fsp3) is 0.929. The van der Waals surface area contributed by atoms with Crippen LogP contribution in [0.2, 0.25) is 0 Å². The predicted molar refractivity (Wildman–Crippen MR) is 219 cm³/mol. The number of hydrogen-bond donors (Lipinski definition) is 4. The van der Waals surface area contributed by atoms with Gasteiger partial charge < -0.3 is 30.3 Å². The second-order valence-corrected chi connectivity index (χ2v) is 16.8. The summed E-state index contributed by atoms with van der Waals surface area (Å²) in [4.78, 5) is 45.9. The Bertz CT molecular complexity index is 970. The number of phosphoric ester groups is 1. The first-order chi connectivity index (χ1) is 26.5. The number of carbonyl (C=O) groups excluding carboxylic acids is 2. The fourth-order valence-corrected chi connectivity index (χ4v) is 7.16. The number of aliphatic hydroxyl groups excluding tert-OH is 1. The van der Waals surface area contributed by atoms with Crippen LogP contribution in [0.4, 0.5) is 0 Å². The molecule has 2 unspecified atom stereocenters. The Morgan fingerprint density at radius 2 is 0.909 bits per heavy atom. The molecule has 0 amide bonds. The molecule has 0 radical (unpaired) electrons. The van der Waals surface area contributed by atoms with Crippen molar-refractivity contribution in [3.63, 3.8) is 0 Å². The molecule has 5 N–H and O–H groups in total. The Morgan fingerprint density at radius 3 is 1.33 bits per heavy atom. The van der Waals surface area contributed by atoms with E-state index in [2.05, 4.69) is 18.4 Å². The number of nitrogens with two attached hydrogens (primary N) is 1. The maximum Gasteiger partial charge on any atom is 0.472 e. The SMILES string of the molecule is CCCCCCCCCCCCCCCCCC(=O)OC[C@H](COP(=O)(O)OC[C@H](N)C(=O)O)OC(=O)CCCCCCCC(O)CCCCCCCCC. The maximum atomic E-state index is 12.6. The maximum absolute atomic E-state index is 12.6. The monoisotopic (exact) mass is 808 g/mol. The highest BCUT2D eigenvalue weighted by Gasteiger charge is 2.28. The smallest absolute Gasteiger partial charge is 0.472 e. The molecule has 0 aromatic heterocycles. The molecule has 0 bridgehead atoms. The number of phosphoric acid groups is 1. The van der Waals surface area contributed by atoms with Crippen LogP contribution in [-0.4, -0.2) is 71.1 Å². The Balaban J connectivity index is 4.38. The molecule has 0 aliphatic heterocycles. The number of carboxylic acids is 1. The van der Waals surface area contributed by atoms with E-state index in [1.807, 2.05) is 0 Å². The van der Waals surface area contributed by atoms with Gasteiger partial charge in [-0.1, -0.05) is 174 Å². The Kier molecular flexibility index (Phi) is 36.9. The van der Waals surface area contributed by atoms with E-state index in [1.54, 1.807) is 0 Å². The number of ether oxygens (including phenoxy) is 2. The van der Waals surface area contributed by atoms with Crippen molar-refractivity contribution in [2.24, 2.45) is 5.73 Å². The van der Waals surface area contributed by atoms with E-state index in [9.17, 15) is 28.9 Å². The van der Waals surface area contributed by atoms with Crippen LogP contribution >= 0.6 is 7.82 Å². The molecule has 12 nitrogen and oxygen atoms in total. The second kappa shape index (κ2) is 38.0. The fourth-order valence-electron chi connectivity index (χ4n) is 6.38. The van der Waals surface area contributed by atoms with Crippen molar-refractivity contribution in [1.29, 1.82) is 0 Å². The number of rotatable bonds is 42. The number of carbonyl (C=O) groups is 3. The molecular weight excluding hydrogens is 725 g/mol. The molecule has 0 aromatic carbocycles. The molecule has 0 spiro atoms. The first-order valence-corrected chi connectivity index (χ1v) is 23.6. The molecule has 326 valence electrons. The van der Waals surface area contributed by atoms with Crippen LogP contribution < -0.4 is 5.73 Å². The zero-order valence-electron chi connectivity index (χ0n) is 34.9. The summed E-state index contributed by atoms with van der Waals surface area (Å²) in [6, 6.07) is -1.53. The highest BCUT2D eigenvalue weighted by molar-refractivity contribution is 7.47. The van der Waals surface area contributed by atoms with Gasteiger partial charge in [0.05, 0.1) is 19.3 Å². The highest BCUT2D eigenvalue weighted by atomic mass is 31.2. The van der Waals surface area contributed by atoms with Crippen LogP contribution in [0.3, 0.4) is 0 Å². The van der Waals surface area contributed by atoms with Crippen molar-refractivity contribution >= 4 is 25.7 Å². The summed E-state index contributed by atoms with van der Waals surface area (Å²) in [6.07, 6.45) is 31.7. The summed E-state index contributed by atoms with van der Waals surface area (Å²) in [6.45, 7) is 2.73. The van der Waals surface area contributed by atoms with E-state index < -0.39 is 51.1 Å². The van der Waals surface area contributed by atoms with Crippen LogP contribution in [0.15, 0.2) is 0 Å². The summed E-state index contributed by atoms with van der Waals surface area (Å²) >= 11 is 0. The van der Waals surface area contributed by atoms with Gasteiger partial charge in [0.2, 0.25) is 0 Å². The third kappa shape index (κ3) is 37.8. The number of esters is 2. The van der Waals surface area contributed by atoms with E-state index >= 15 is 0 Å². The Hall–Kier alpha value is -1.56. The molecule has 0 heterocycles. The number of hydrogen-bond acceptors (Lipinski definition) is 10. The zero-order valence-corrected chi connectivity index (χ0v) is 35.8. The average molecular weight is 808 g/mol. The van der Waals surface area contributed by atoms with E-state index in [-0.39, 0.29) is 25.6 Å². The normalized spacial score (nSPS) is 14.3.